The second kappa shape index (κ2) is 11.1. The number of methoxy groups -OCH3 is 1. The minimum Gasteiger partial charge on any atom is -0.496 e. The van der Waals surface area contributed by atoms with E-state index in [9.17, 15) is 0 Å². The van der Waals surface area contributed by atoms with Gasteiger partial charge in [0.15, 0.2) is 0 Å². The summed E-state index contributed by atoms with van der Waals surface area (Å²) in [5, 5.41) is 0. The van der Waals surface area contributed by atoms with Crippen molar-refractivity contribution in [2.45, 2.75) is 98.4 Å². The van der Waals surface area contributed by atoms with Crippen LogP contribution in [0.2, 0.25) is 0 Å². The van der Waals surface area contributed by atoms with Crippen LogP contribution < -0.4 is 4.74 Å². The summed E-state index contributed by atoms with van der Waals surface area (Å²) in [5.74, 6) is 5.40. The molecule has 202 valence electrons. The Labute approximate surface area is 227 Å². The topological polar surface area (TPSA) is 12.5 Å². The van der Waals surface area contributed by atoms with Gasteiger partial charge in [0.25, 0.3) is 0 Å². The highest BCUT2D eigenvalue weighted by atomic mass is 16.5. The third-order valence-electron chi connectivity index (χ3n) is 11.1. The average Bonchev–Trinajstić information content (AvgIpc) is 3.23. The molecule has 0 heterocycles. The van der Waals surface area contributed by atoms with Crippen molar-refractivity contribution in [3.05, 3.63) is 64.2 Å². The molecule has 4 unspecified atom stereocenters. The van der Waals surface area contributed by atoms with Gasteiger partial charge in [-0.3, -0.25) is 4.90 Å². The van der Waals surface area contributed by atoms with Crippen molar-refractivity contribution in [1.82, 2.24) is 4.90 Å². The van der Waals surface area contributed by atoms with Gasteiger partial charge in [-0.05, 0) is 135 Å². The molecule has 0 amide bonds. The lowest BCUT2D eigenvalue weighted by atomic mass is 9.51. The average molecular weight is 502 g/mol. The van der Waals surface area contributed by atoms with Crippen LogP contribution in [0.15, 0.2) is 36.4 Å². The smallest absolute Gasteiger partial charge is 0.122 e. The zero-order valence-electron chi connectivity index (χ0n) is 24.5. The van der Waals surface area contributed by atoms with E-state index in [1.807, 2.05) is 7.11 Å². The Morgan fingerprint density at radius 3 is 2.59 bits per heavy atom. The van der Waals surface area contributed by atoms with Gasteiger partial charge in [0.2, 0.25) is 0 Å². The van der Waals surface area contributed by atoms with Gasteiger partial charge in [-0.2, -0.15) is 0 Å². The molecule has 2 saturated carbocycles. The molecule has 2 aromatic carbocycles. The maximum atomic E-state index is 5.85. The molecule has 0 aromatic heterocycles. The van der Waals surface area contributed by atoms with Crippen molar-refractivity contribution in [1.29, 1.82) is 0 Å². The van der Waals surface area contributed by atoms with Crippen LogP contribution in [0.3, 0.4) is 0 Å². The zero-order chi connectivity index (χ0) is 26.2. The molecule has 2 aromatic rings. The summed E-state index contributed by atoms with van der Waals surface area (Å²) in [6.45, 7) is 15.2. The van der Waals surface area contributed by atoms with Crippen LogP contribution in [-0.2, 0) is 19.4 Å². The molecule has 5 rings (SSSR count). The molecule has 6 atom stereocenters. The number of aryl methyl sites for hydroxylation is 2. The summed E-state index contributed by atoms with van der Waals surface area (Å²) in [4.78, 5) is 2.47. The van der Waals surface area contributed by atoms with Gasteiger partial charge in [-0.25, -0.2) is 0 Å². The van der Waals surface area contributed by atoms with E-state index in [2.05, 4.69) is 75.9 Å². The summed E-state index contributed by atoms with van der Waals surface area (Å²) < 4.78 is 5.85. The van der Waals surface area contributed by atoms with Crippen LogP contribution in [0.4, 0.5) is 0 Å². The first-order valence-corrected chi connectivity index (χ1v) is 15.4. The first-order chi connectivity index (χ1) is 17.9. The standard InChI is InChI=1S/C35H51NO/c1-7-36(8-2)23-26-13-14-27(33(22-26)37-6)10-9-11-29-15-17-32-34-25(4)21-28-20-24(3)12-16-30(28)31(34)18-19-35(29,32)5/h12-14,16,20,22,25,29,31-32,34H,7-11,15,17-19,21,23H2,1-6H3/t25-,29+,31?,32?,34?,35?/m1/s1. The Bertz CT molecular complexity index is 1070. The molecule has 3 aliphatic rings. The fourth-order valence-electron chi connectivity index (χ4n) is 9.03. The molecule has 0 N–H and O–H groups in total. The lowest BCUT2D eigenvalue weighted by Crippen LogP contribution is -2.45. The van der Waals surface area contributed by atoms with E-state index in [0.29, 0.717) is 5.41 Å². The molecule has 0 saturated heterocycles. The fourth-order valence-corrected chi connectivity index (χ4v) is 9.03. The van der Waals surface area contributed by atoms with E-state index in [0.717, 1.165) is 61.4 Å². The van der Waals surface area contributed by atoms with E-state index in [1.165, 1.54) is 61.6 Å². The third kappa shape index (κ3) is 5.12. The van der Waals surface area contributed by atoms with Crippen molar-refractivity contribution in [3.63, 3.8) is 0 Å². The molecule has 2 nitrogen and oxygen atoms in total. The van der Waals surface area contributed by atoms with E-state index in [1.54, 1.807) is 11.1 Å². The Morgan fingerprint density at radius 1 is 1.03 bits per heavy atom. The van der Waals surface area contributed by atoms with Crippen molar-refractivity contribution in [3.8, 4) is 5.75 Å². The van der Waals surface area contributed by atoms with E-state index >= 15 is 0 Å². The van der Waals surface area contributed by atoms with Crippen LogP contribution in [-0.4, -0.2) is 25.1 Å². The van der Waals surface area contributed by atoms with Gasteiger partial charge in [0.1, 0.15) is 5.75 Å². The SMILES string of the molecule is CCN(CC)Cc1ccc(CCC[C@H]2CCC3C4C(CCC32C)c2ccc(C)cc2C[C@H]4C)c(OC)c1. The van der Waals surface area contributed by atoms with Crippen molar-refractivity contribution >= 4 is 0 Å². The monoisotopic (exact) mass is 501 g/mol. The molecule has 0 bridgehead atoms. The highest BCUT2D eigenvalue weighted by Crippen LogP contribution is 2.64. The van der Waals surface area contributed by atoms with Gasteiger partial charge >= 0.3 is 0 Å². The van der Waals surface area contributed by atoms with Gasteiger partial charge in [-0.15, -0.1) is 0 Å². The highest BCUT2D eigenvalue weighted by Gasteiger charge is 2.55. The molecule has 2 fully saturated rings. The normalized spacial score (nSPS) is 30.6. The van der Waals surface area contributed by atoms with Crippen molar-refractivity contribution < 1.29 is 4.74 Å². The number of nitrogens with zero attached hydrogens (tertiary/aromatic N) is 1. The van der Waals surface area contributed by atoms with Crippen LogP contribution in [0, 0.1) is 36.0 Å². The van der Waals surface area contributed by atoms with Gasteiger partial charge < -0.3 is 4.74 Å². The maximum Gasteiger partial charge on any atom is 0.122 e. The molecule has 0 spiro atoms. The Hall–Kier alpha value is -1.80. The second-order valence-electron chi connectivity index (χ2n) is 13.0. The maximum absolute atomic E-state index is 5.85. The van der Waals surface area contributed by atoms with Crippen LogP contribution in [0.1, 0.15) is 100.0 Å². The third-order valence-corrected chi connectivity index (χ3v) is 11.1. The van der Waals surface area contributed by atoms with Crippen LogP contribution >= 0.6 is 0 Å². The minimum absolute atomic E-state index is 0.537. The fraction of sp³-hybridized carbons (Fsp3) is 0.657. The van der Waals surface area contributed by atoms with E-state index < -0.39 is 0 Å². The molecule has 3 aliphatic carbocycles. The van der Waals surface area contributed by atoms with E-state index in [4.69, 9.17) is 4.74 Å². The van der Waals surface area contributed by atoms with Gasteiger partial charge in [0.05, 0.1) is 7.11 Å². The lowest BCUT2D eigenvalue weighted by Gasteiger charge is -2.53. The van der Waals surface area contributed by atoms with Gasteiger partial charge in [-0.1, -0.05) is 63.6 Å². The largest absolute Gasteiger partial charge is 0.496 e. The summed E-state index contributed by atoms with van der Waals surface area (Å²) in [6, 6.07) is 14.3. The number of ether oxygens (including phenoxy) is 1. The van der Waals surface area contributed by atoms with E-state index in [-0.39, 0.29) is 0 Å². The second-order valence-corrected chi connectivity index (χ2v) is 13.0. The highest BCUT2D eigenvalue weighted by molar-refractivity contribution is 5.39. The minimum atomic E-state index is 0.537. The number of benzene rings is 2. The predicted molar refractivity (Wildman–Crippen MR) is 156 cm³/mol. The lowest BCUT2D eigenvalue weighted by molar-refractivity contribution is 0.00337. The number of fused-ring (bicyclic) bond motifs is 5. The van der Waals surface area contributed by atoms with Gasteiger partial charge in [0, 0.05) is 6.54 Å². The zero-order valence-corrected chi connectivity index (χ0v) is 24.5. The Balaban J connectivity index is 1.23. The molecule has 2 heteroatoms. The molecule has 0 radical (unpaired) electrons. The summed E-state index contributed by atoms with van der Waals surface area (Å²) >= 11 is 0. The van der Waals surface area contributed by atoms with Crippen LogP contribution in [0.5, 0.6) is 5.75 Å². The van der Waals surface area contributed by atoms with Crippen molar-refractivity contribution in [2.24, 2.45) is 29.1 Å². The Kier molecular flexibility index (Phi) is 8.06. The van der Waals surface area contributed by atoms with Crippen LogP contribution in [0.25, 0.3) is 0 Å². The first kappa shape index (κ1) is 26.8. The molecule has 0 aliphatic heterocycles. The summed E-state index contributed by atoms with van der Waals surface area (Å²) in [6.07, 6.45) is 10.8. The number of rotatable bonds is 9. The Morgan fingerprint density at radius 2 is 1.84 bits per heavy atom. The van der Waals surface area contributed by atoms with Crippen molar-refractivity contribution in [2.75, 3.05) is 20.2 Å². The number of hydrogen-bond donors (Lipinski definition) is 0. The summed E-state index contributed by atoms with van der Waals surface area (Å²) in [7, 11) is 1.84. The predicted octanol–water partition coefficient (Wildman–Crippen LogP) is 8.59. The first-order valence-electron chi connectivity index (χ1n) is 15.4. The summed E-state index contributed by atoms with van der Waals surface area (Å²) in [5.41, 5.74) is 8.09. The quantitative estimate of drug-likeness (QED) is 0.341. The molecule has 37 heavy (non-hydrogen) atoms. The molecular formula is C35H51NO. The molecular weight excluding hydrogens is 450 g/mol. The number of hydrogen-bond acceptors (Lipinski definition) is 2.